The summed E-state index contributed by atoms with van der Waals surface area (Å²) in [6, 6.07) is 23.1. The number of anilines is 1. The van der Waals surface area contributed by atoms with Crippen LogP contribution in [0.2, 0.25) is 5.02 Å². The predicted molar refractivity (Wildman–Crippen MR) is 168 cm³/mol. The van der Waals surface area contributed by atoms with E-state index < -0.39 is 16.1 Å². The summed E-state index contributed by atoms with van der Waals surface area (Å²) < 4.78 is 31.8. The van der Waals surface area contributed by atoms with Crippen LogP contribution in [-0.4, -0.2) is 57.1 Å². The van der Waals surface area contributed by atoms with Crippen LogP contribution in [0, 0.1) is 0 Å². The molecule has 10 heteroatoms. The fourth-order valence-electron chi connectivity index (χ4n) is 4.59. The zero-order valence-corrected chi connectivity index (χ0v) is 26.2. The van der Waals surface area contributed by atoms with Crippen molar-refractivity contribution in [3.63, 3.8) is 0 Å². The highest BCUT2D eigenvalue weighted by Gasteiger charge is 2.31. The Kier molecular flexibility index (Phi) is 12.2. The fourth-order valence-corrected chi connectivity index (χ4v) is 5.80. The summed E-state index contributed by atoms with van der Waals surface area (Å²) in [5.41, 5.74) is 2.21. The van der Waals surface area contributed by atoms with E-state index in [9.17, 15) is 18.0 Å². The Morgan fingerprint density at radius 1 is 0.976 bits per heavy atom. The van der Waals surface area contributed by atoms with Gasteiger partial charge >= 0.3 is 0 Å². The lowest BCUT2D eigenvalue weighted by atomic mass is 10.0. The molecule has 0 fully saturated rings. The van der Waals surface area contributed by atoms with Gasteiger partial charge < -0.3 is 15.0 Å². The molecule has 0 unspecified atom stereocenters. The second kappa shape index (κ2) is 15.6. The molecule has 0 bridgehead atoms. The molecule has 3 aromatic carbocycles. The predicted octanol–water partition coefficient (Wildman–Crippen LogP) is 5.45. The van der Waals surface area contributed by atoms with Gasteiger partial charge in [-0.05, 0) is 49.1 Å². The van der Waals surface area contributed by atoms with Crippen LogP contribution in [0.1, 0.15) is 44.2 Å². The first-order chi connectivity index (χ1) is 20.0. The largest absolute Gasteiger partial charge is 0.495 e. The van der Waals surface area contributed by atoms with E-state index in [0.29, 0.717) is 17.9 Å². The van der Waals surface area contributed by atoms with Crippen molar-refractivity contribution < 1.29 is 22.7 Å². The summed E-state index contributed by atoms with van der Waals surface area (Å²) >= 11 is 6.26. The minimum Gasteiger partial charge on any atom is -0.495 e. The van der Waals surface area contributed by atoms with Gasteiger partial charge in [0.25, 0.3) is 0 Å². The fraction of sp³-hybridized carbons (Fsp3) is 0.375. The van der Waals surface area contributed by atoms with E-state index in [2.05, 4.69) is 5.32 Å². The maximum absolute atomic E-state index is 13.9. The number of sulfonamides is 1. The molecule has 42 heavy (non-hydrogen) atoms. The maximum atomic E-state index is 13.9. The summed E-state index contributed by atoms with van der Waals surface area (Å²) in [7, 11) is -2.18. The normalized spacial score (nSPS) is 12.7. The first kappa shape index (κ1) is 32.9. The van der Waals surface area contributed by atoms with Gasteiger partial charge in [0.1, 0.15) is 11.8 Å². The Balaban J connectivity index is 1.87. The van der Waals surface area contributed by atoms with E-state index >= 15 is 0 Å². The SMILES string of the molecule is CC[C@@H](C)NC(=O)[C@@H](Cc1ccccc1)N(Cc1ccccc1)C(=O)CCCN(c1ccc(OC)c(Cl)c1)S(C)(=O)=O. The second-order valence-electron chi connectivity index (χ2n) is 10.3. The lowest BCUT2D eigenvalue weighted by molar-refractivity contribution is -0.141. The maximum Gasteiger partial charge on any atom is 0.243 e. The average molecular weight is 614 g/mol. The number of amides is 2. The number of hydrogen-bond acceptors (Lipinski definition) is 5. The second-order valence-corrected chi connectivity index (χ2v) is 12.6. The molecule has 0 heterocycles. The van der Waals surface area contributed by atoms with Crippen molar-refractivity contribution in [2.24, 2.45) is 0 Å². The zero-order chi connectivity index (χ0) is 30.7. The first-order valence-electron chi connectivity index (χ1n) is 14.0. The molecule has 0 saturated carbocycles. The number of ether oxygens (including phenoxy) is 1. The van der Waals surface area contributed by atoms with E-state index in [4.69, 9.17) is 16.3 Å². The van der Waals surface area contributed by atoms with Crippen molar-refractivity contribution in [2.75, 3.05) is 24.2 Å². The monoisotopic (exact) mass is 613 g/mol. The lowest BCUT2D eigenvalue weighted by Gasteiger charge is -2.32. The van der Waals surface area contributed by atoms with Crippen LogP contribution in [0.3, 0.4) is 0 Å². The Labute approximate surface area is 254 Å². The zero-order valence-electron chi connectivity index (χ0n) is 24.6. The highest BCUT2D eigenvalue weighted by atomic mass is 35.5. The summed E-state index contributed by atoms with van der Waals surface area (Å²) in [6.07, 6.45) is 2.51. The Hall–Kier alpha value is -3.56. The minimum atomic E-state index is -3.66. The molecule has 8 nitrogen and oxygen atoms in total. The molecule has 3 rings (SSSR count). The molecule has 0 aromatic heterocycles. The molecule has 2 atom stereocenters. The van der Waals surface area contributed by atoms with E-state index in [1.807, 2.05) is 74.5 Å². The number of halogens is 1. The Bertz CT molecular complexity index is 1420. The molecule has 0 aliphatic rings. The molecular formula is C32H40ClN3O5S. The molecule has 0 aliphatic heterocycles. The topological polar surface area (TPSA) is 96.0 Å². The van der Waals surface area contributed by atoms with Crippen molar-refractivity contribution in [3.8, 4) is 5.75 Å². The third kappa shape index (κ3) is 9.49. The van der Waals surface area contributed by atoms with Crippen molar-refractivity contribution in [3.05, 3.63) is 95.0 Å². The van der Waals surface area contributed by atoms with Gasteiger partial charge in [-0.15, -0.1) is 0 Å². The summed E-state index contributed by atoms with van der Waals surface area (Å²) in [6.45, 7) is 4.24. The van der Waals surface area contributed by atoms with Crippen molar-refractivity contribution in [1.29, 1.82) is 0 Å². The average Bonchev–Trinajstić information content (AvgIpc) is 2.97. The molecule has 2 amide bonds. The smallest absolute Gasteiger partial charge is 0.243 e. The van der Waals surface area contributed by atoms with Crippen LogP contribution in [0.15, 0.2) is 78.9 Å². The number of methoxy groups -OCH3 is 1. The van der Waals surface area contributed by atoms with E-state index in [0.717, 1.165) is 23.8 Å². The number of carbonyl (C=O) groups excluding carboxylic acids is 2. The summed E-state index contributed by atoms with van der Waals surface area (Å²) in [5.74, 6) is -0.0239. The highest BCUT2D eigenvalue weighted by Crippen LogP contribution is 2.30. The molecule has 0 spiro atoms. The van der Waals surface area contributed by atoms with Crippen LogP contribution in [0.4, 0.5) is 5.69 Å². The van der Waals surface area contributed by atoms with Crippen molar-refractivity contribution >= 4 is 39.1 Å². The van der Waals surface area contributed by atoms with E-state index in [1.54, 1.807) is 17.0 Å². The lowest BCUT2D eigenvalue weighted by Crippen LogP contribution is -2.52. The standard InChI is InChI=1S/C32H40ClN3O5S/c1-5-24(2)34-32(38)29(21-25-13-8-6-9-14-25)35(23-26-15-10-7-11-16-26)31(37)17-12-20-36(42(4,39)40)27-18-19-30(41-3)28(33)22-27/h6-11,13-16,18-19,22,24,29H,5,12,17,20-21,23H2,1-4H3,(H,34,38)/t24-,29-/m1/s1. The van der Waals surface area contributed by atoms with Gasteiger partial charge in [-0.3, -0.25) is 13.9 Å². The van der Waals surface area contributed by atoms with Crippen LogP contribution >= 0.6 is 11.6 Å². The van der Waals surface area contributed by atoms with Crippen LogP contribution in [0.25, 0.3) is 0 Å². The van der Waals surface area contributed by atoms with Gasteiger partial charge in [0.05, 0.1) is 24.1 Å². The van der Waals surface area contributed by atoms with Gasteiger partial charge in [0.15, 0.2) is 0 Å². The Morgan fingerprint density at radius 3 is 2.14 bits per heavy atom. The summed E-state index contributed by atoms with van der Waals surface area (Å²) in [5, 5.41) is 3.34. The number of hydrogen-bond donors (Lipinski definition) is 1. The molecular weight excluding hydrogens is 574 g/mol. The number of benzene rings is 3. The minimum absolute atomic E-state index is 0.0463. The van der Waals surface area contributed by atoms with Crippen LogP contribution in [0.5, 0.6) is 5.75 Å². The summed E-state index contributed by atoms with van der Waals surface area (Å²) in [4.78, 5) is 29.1. The third-order valence-corrected chi connectivity index (χ3v) is 8.53. The number of nitrogens with one attached hydrogen (secondary N) is 1. The van der Waals surface area contributed by atoms with Crippen LogP contribution < -0.4 is 14.4 Å². The number of nitrogens with zero attached hydrogens (tertiary/aromatic N) is 2. The molecule has 0 saturated heterocycles. The van der Waals surface area contributed by atoms with Crippen molar-refractivity contribution in [1.82, 2.24) is 10.2 Å². The van der Waals surface area contributed by atoms with Gasteiger partial charge in [-0.25, -0.2) is 8.42 Å². The van der Waals surface area contributed by atoms with Gasteiger partial charge in [0, 0.05) is 32.0 Å². The molecule has 1 N–H and O–H groups in total. The Morgan fingerprint density at radius 2 is 1.60 bits per heavy atom. The quantitative estimate of drug-likeness (QED) is 0.246. The molecule has 0 aliphatic carbocycles. The number of rotatable bonds is 15. The molecule has 226 valence electrons. The van der Waals surface area contributed by atoms with E-state index in [1.165, 1.54) is 17.5 Å². The third-order valence-electron chi connectivity index (χ3n) is 7.04. The van der Waals surface area contributed by atoms with Crippen molar-refractivity contribution in [2.45, 2.75) is 58.2 Å². The first-order valence-corrected chi connectivity index (χ1v) is 16.2. The molecule has 3 aromatic rings. The molecule has 0 radical (unpaired) electrons. The van der Waals surface area contributed by atoms with Gasteiger partial charge in [0.2, 0.25) is 21.8 Å². The van der Waals surface area contributed by atoms with Gasteiger partial charge in [-0.1, -0.05) is 79.2 Å². The van der Waals surface area contributed by atoms with Crippen LogP contribution in [-0.2, 0) is 32.6 Å². The van der Waals surface area contributed by atoms with Gasteiger partial charge in [-0.2, -0.15) is 0 Å². The van der Waals surface area contributed by atoms with E-state index in [-0.39, 0.29) is 48.8 Å². The highest BCUT2D eigenvalue weighted by molar-refractivity contribution is 7.92. The number of carbonyl (C=O) groups is 2.